The van der Waals surface area contributed by atoms with E-state index in [0.717, 1.165) is 30.2 Å². The van der Waals surface area contributed by atoms with Gasteiger partial charge in [-0.1, -0.05) is 49.6 Å². The summed E-state index contributed by atoms with van der Waals surface area (Å²) >= 11 is 7.22. The lowest BCUT2D eigenvalue weighted by atomic mass is 9.92. The highest BCUT2D eigenvalue weighted by molar-refractivity contribution is 7.90. The first-order chi connectivity index (χ1) is 33.1. The van der Waals surface area contributed by atoms with Gasteiger partial charge in [0.1, 0.15) is 34.4 Å². The number of methoxy groups -OCH3 is 1. The average Bonchev–Trinajstić information content (AvgIpc) is 3.81. The first kappa shape index (κ1) is 52.0. The second-order valence-electron chi connectivity index (χ2n) is 15.8. The highest BCUT2D eigenvalue weighted by atomic mass is 35.5. The van der Waals surface area contributed by atoms with Gasteiger partial charge < -0.3 is 23.9 Å². The van der Waals surface area contributed by atoms with Gasteiger partial charge in [0.2, 0.25) is 10.7 Å². The van der Waals surface area contributed by atoms with Gasteiger partial charge in [0.25, 0.3) is 15.9 Å². The van der Waals surface area contributed by atoms with Gasteiger partial charge >= 0.3 is 24.2 Å². The SMILES string of the molecule is C#CCN1C(=O)COc2cc(F)c(N=c3snc4n3CC(C)(C)C4)cc21.COc1nc(C)nc(NC(=O)NS(=O)(=O)c2ccccc2CCC(F)(F)F)n1.O=C(O)COc1ccc(Cl)c2cccnc12. The molecule has 0 spiro atoms. The number of hydrogen-bond donors (Lipinski definition) is 3. The summed E-state index contributed by atoms with van der Waals surface area (Å²) in [7, 11) is -3.14. The standard InChI is InChI=1S/C18H17FN4O2S.C15H16F3N5O4S.C11H8ClNO3/c1-4-5-22-13-7-12(11(19)6-14(13)25-9-16(22)24)20-17-23-10-18(2,3)8-15(23)21-26-17;1-9-19-12(22-14(20-9)27-2)21-13(24)23-28(25,26)11-6-4-3-5-10(11)7-8-15(16,17)18;12-8-3-4-9(16-6-10(14)15)11-7(8)2-1-5-13-11/h1,6-7H,5,8-10H2,2-3H3;3-6H,7-8H2,1-2H3,(H2,19,20,21,22,23,24);1-5H,6H2,(H,14,15). The summed E-state index contributed by atoms with van der Waals surface area (Å²) in [6.07, 6.45) is 1.62. The summed E-state index contributed by atoms with van der Waals surface area (Å²) in [6, 6.07) is 13.4. The van der Waals surface area contributed by atoms with Crippen molar-refractivity contribution in [3.8, 4) is 29.9 Å². The predicted octanol–water partition coefficient (Wildman–Crippen LogP) is 6.80. The summed E-state index contributed by atoms with van der Waals surface area (Å²) in [5.74, 6) is 2.26. The number of fused-ring (bicyclic) bond motifs is 3. The lowest BCUT2D eigenvalue weighted by molar-refractivity contribution is -0.139. The molecule has 0 atom stereocenters. The Morgan fingerprint density at radius 1 is 1.11 bits per heavy atom. The van der Waals surface area contributed by atoms with Crippen molar-refractivity contribution in [3.63, 3.8) is 0 Å². The molecular weight excluding hydrogens is 988 g/mol. The number of hydrogen-bond acceptors (Lipinski definition) is 15. The van der Waals surface area contributed by atoms with Crippen LogP contribution in [0.4, 0.5) is 39.7 Å². The van der Waals surface area contributed by atoms with E-state index in [1.807, 2.05) is 4.57 Å². The predicted molar refractivity (Wildman–Crippen MR) is 247 cm³/mol. The van der Waals surface area contributed by atoms with Gasteiger partial charge in [0.15, 0.2) is 19.0 Å². The number of anilines is 2. The monoisotopic (exact) mass is 1030 g/mol. The second kappa shape index (κ2) is 21.9. The fourth-order valence-electron chi connectivity index (χ4n) is 6.77. The third kappa shape index (κ3) is 13.4. The number of aryl methyl sites for hydroxylation is 2. The Bertz CT molecular complexity index is 3180. The highest BCUT2D eigenvalue weighted by Crippen LogP contribution is 2.38. The van der Waals surface area contributed by atoms with Crippen LogP contribution < -0.4 is 34.0 Å². The van der Waals surface area contributed by atoms with E-state index in [2.05, 4.69) is 54.4 Å². The maximum absolute atomic E-state index is 14.5. The number of pyridine rings is 1. The molecule has 2 aliphatic heterocycles. The highest BCUT2D eigenvalue weighted by Gasteiger charge is 2.32. The fourth-order valence-corrected chi connectivity index (χ4v) is 8.92. The Morgan fingerprint density at radius 3 is 2.59 bits per heavy atom. The van der Waals surface area contributed by atoms with Gasteiger partial charge in [-0.3, -0.25) is 20.0 Å². The summed E-state index contributed by atoms with van der Waals surface area (Å²) in [5.41, 5.74) is 1.17. The van der Waals surface area contributed by atoms with E-state index in [1.165, 1.54) is 60.8 Å². The molecule has 70 heavy (non-hydrogen) atoms. The Labute approximate surface area is 405 Å². The molecule has 5 heterocycles. The van der Waals surface area contributed by atoms with Crippen LogP contribution in [-0.4, -0.2) is 93.4 Å². The van der Waals surface area contributed by atoms with Crippen molar-refractivity contribution in [3.05, 3.63) is 99.7 Å². The third-order valence-corrected chi connectivity index (χ3v) is 12.3. The Kier molecular flexibility index (Phi) is 16.2. The first-order valence-electron chi connectivity index (χ1n) is 20.5. The van der Waals surface area contributed by atoms with Crippen LogP contribution in [-0.2, 0) is 39.0 Å². The minimum absolute atomic E-state index is 0.0715. The molecule has 8 rings (SSSR count). The molecule has 0 fully saturated rings. The maximum atomic E-state index is 14.5. The van der Waals surface area contributed by atoms with Crippen LogP contribution in [0.5, 0.6) is 17.5 Å². The number of sulfonamides is 1. The molecule has 0 aliphatic carbocycles. The summed E-state index contributed by atoms with van der Waals surface area (Å²) in [6.45, 7) is 6.16. The summed E-state index contributed by atoms with van der Waals surface area (Å²) in [5, 5.41) is 11.9. The second-order valence-corrected chi connectivity index (χ2v) is 18.6. The van der Waals surface area contributed by atoms with Crippen molar-refractivity contribution in [1.29, 1.82) is 0 Å². The zero-order valence-electron chi connectivity index (χ0n) is 37.4. The lowest BCUT2D eigenvalue weighted by Crippen LogP contribution is -2.39. The molecule has 3 aromatic heterocycles. The molecule has 3 amide bonds. The number of urea groups is 1. The number of ether oxygens (including phenoxy) is 3. The Morgan fingerprint density at radius 2 is 1.87 bits per heavy atom. The number of nitrogens with zero attached hydrogens (tertiary/aromatic N) is 8. The van der Waals surface area contributed by atoms with E-state index in [-0.39, 0.29) is 53.5 Å². The number of benzene rings is 3. The number of aromatic nitrogens is 6. The molecule has 6 aromatic rings. The Balaban J connectivity index is 0.000000178. The summed E-state index contributed by atoms with van der Waals surface area (Å²) in [4.78, 5) is 56.0. The van der Waals surface area contributed by atoms with Crippen LogP contribution in [0.2, 0.25) is 5.02 Å². The molecule has 3 aromatic carbocycles. The molecule has 368 valence electrons. The molecule has 0 saturated carbocycles. The number of carboxylic acids is 1. The van der Waals surface area contributed by atoms with Gasteiger partial charge in [-0.05, 0) is 60.7 Å². The van der Waals surface area contributed by atoms with Crippen molar-refractivity contribution in [2.45, 2.75) is 57.7 Å². The van der Waals surface area contributed by atoms with Crippen LogP contribution in [0, 0.1) is 30.5 Å². The quantitative estimate of drug-likeness (QED) is 0.0893. The number of halogens is 5. The van der Waals surface area contributed by atoms with Crippen molar-refractivity contribution in [2.75, 3.05) is 37.1 Å². The molecule has 19 nitrogen and oxygen atoms in total. The zero-order valence-corrected chi connectivity index (χ0v) is 39.8. The van der Waals surface area contributed by atoms with Crippen LogP contribution in [0.15, 0.2) is 76.7 Å². The maximum Gasteiger partial charge on any atom is 0.389 e. The van der Waals surface area contributed by atoms with Crippen LogP contribution in [0.25, 0.3) is 10.9 Å². The van der Waals surface area contributed by atoms with Crippen LogP contribution in [0.3, 0.4) is 0 Å². The number of carbonyl (C=O) groups excluding carboxylic acids is 2. The van der Waals surface area contributed by atoms with Gasteiger partial charge in [-0.15, -0.1) is 6.42 Å². The molecule has 3 N–H and O–H groups in total. The molecule has 0 unspecified atom stereocenters. The van der Waals surface area contributed by atoms with Gasteiger partial charge in [0, 0.05) is 48.6 Å². The van der Waals surface area contributed by atoms with Gasteiger partial charge in [0.05, 0.1) is 29.3 Å². The van der Waals surface area contributed by atoms with E-state index in [1.54, 1.807) is 35.2 Å². The van der Waals surface area contributed by atoms with Crippen molar-refractivity contribution < 1.29 is 59.7 Å². The van der Waals surface area contributed by atoms with Crippen molar-refractivity contribution in [2.24, 2.45) is 10.4 Å². The average molecular weight is 1030 g/mol. The number of rotatable bonds is 11. The molecule has 26 heteroatoms. The molecular formula is C44H41ClF4N10O9S2. The third-order valence-electron chi connectivity index (χ3n) is 9.77. The van der Waals surface area contributed by atoms with E-state index in [0.29, 0.717) is 32.5 Å². The van der Waals surface area contributed by atoms with Crippen LogP contribution in [0.1, 0.15) is 37.5 Å². The molecule has 0 radical (unpaired) electrons. The number of terminal acetylenes is 1. The number of alkyl halides is 3. The van der Waals surface area contributed by atoms with E-state index in [4.69, 9.17) is 37.3 Å². The van der Waals surface area contributed by atoms with E-state index >= 15 is 0 Å². The van der Waals surface area contributed by atoms with Crippen molar-refractivity contribution in [1.82, 2.24) is 33.6 Å². The van der Waals surface area contributed by atoms with E-state index in [9.17, 15) is 40.4 Å². The van der Waals surface area contributed by atoms with Crippen LogP contribution >= 0.6 is 23.1 Å². The van der Waals surface area contributed by atoms with E-state index < -0.39 is 58.4 Å². The number of carbonyl (C=O) groups is 3. The number of aliphatic carboxylic acids is 1. The van der Waals surface area contributed by atoms with Gasteiger partial charge in [-0.2, -0.15) is 32.5 Å². The number of carboxylic acid groups (broad SMARTS) is 1. The largest absolute Gasteiger partial charge is 0.481 e. The normalized spacial score (nSPS) is 13.9. The van der Waals surface area contributed by atoms with Gasteiger partial charge in [-0.25, -0.2) is 32.1 Å². The van der Waals surface area contributed by atoms with Crippen molar-refractivity contribution >= 4 is 79.3 Å². The number of nitrogens with one attached hydrogen (secondary N) is 2. The Hall–Kier alpha value is -7.43. The first-order valence-corrected chi connectivity index (χ1v) is 23.1. The minimum atomic E-state index is -4.45. The smallest absolute Gasteiger partial charge is 0.389 e. The summed E-state index contributed by atoms with van der Waals surface area (Å²) < 4.78 is 100. The fraction of sp³-hybridized carbons (Fsp3) is 0.295. The molecule has 2 aliphatic rings. The number of amides is 3. The minimum Gasteiger partial charge on any atom is -0.481 e. The molecule has 0 saturated heterocycles. The zero-order chi connectivity index (χ0) is 51.0. The topological polar surface area (TPSA) is 242 Å². The lowest BCUT2D eigenvalue weighted by Gasteiger charge is -2.28. The molecule has 0 bridgehead atoms.